The number of hydrogen-bond donors (Lipinski definition) is 0. The summed E-state index contributed by atoms with van der Waals surface area (Å²) in [5, 5.41) is 0. The van der Waals surface area contributed by atoms with Crippen molar-refractivity contribution in [3.63, 3.8) is 0 Å². The van der Waals surface area contributed by atoms with E-state index in [-0.39, 0.29) is 10.9 Å². The molecule has 0 atom stereocenters. The van der Waals surface area contributed by atoms with Crippen LogP contribution in [0.15, 0.2) is 21.7 Å². The van der Waals surface area contributed by atoms with Crippen LogP contribution in [0.25, 0.3) is 0 Å². The van der Waals surface area contributed by atoms with Gasteiger partial charge in [0.25, 0.3) is 0 Å². The van der Waals surface area contributed by atoms with E-state index in [1.54, 1.807) is 12.1 Å². The first-order chi connectivity index (χ1) is 17.7. The maximum atomic E-state index is 11.0. The molecule has 0 amide bonds. The topological polar surface area (TPSA) is 47.1 Å². The monoisotopic (exact) mass is 554 g/mol. The Labute approximate surface area is 237 Å². The molecule has 0 heterocycles. The maximum Gasteiger partial charge on any atom is 0.200 e. The van der Waals surface area contributed by atoms with Crippen LogP contribution in [0.4, 0.5) is 11.4 Å². The number of rotatable bonds is 15. The molecule has 0 saturated carbocycles. The summed E-state index contributed by atoms with van der Waals surface area (Å²) < 4.78 is 0.990. The normalized spacial score (nSPS) is 10.4. The molecule has 0 saturated heterocycles. The van der Waals surface area contributed by atoms with E-state index in [1.165, 1.54) is 12.8 Å². The van der Waals surface area contributed by atoms with Gasteiger partial charge in [0.1, 0.15) is 9.02 Å². The molecule has 0 aromatic heterocycles. The first-order valence-electron chi connectivity index (χ1n) is 14.1. The Morgan fingerprint density at radius 1 is 0.595 bits per heavy atom. The third-order valence-corrected chi connectivity index (χ3v) is 7.03. The smallest absolute Gasteiger partial charge is 0.200 e. The third kappa shape index (κ3) is 14.3. The lowest BCUT2D eigenvalue weighted by Crippen LogP contribution is -2.27. The van der Waals surface area contributed by atoms with Crippen LogP contribution in [0.5, 0.6) is 0 Å². The van der Waals surface area contributed by atoms with Crippen LogP contribution in [0.3, 0.4) is 0 Å². The van der Waals surface area contributed by atoms with Crippen molar-refractivity contribution < 1.29 is 0 Å². The molecule has 2 aromatic carbocycles. The second-order valence-corrected chi connectivity index (χ2v) is 9.44. The highest BCUT2D eigenvalue weighted by molar-refractivity contribution is 7.71. The van der Waals surface area contributed by atoms with Crippen LogP contribution in [0, 0.1) is 9.02 Å². The van der Waals surface area contributed by atoms with Crippen LogP contribution in [0.2, 0.25) is 0 Å². The molecule has 2 aromatic rings. The second-order valence-electron chi connectivity index (χ2n) is 8.63. The molecular weight excluding hydrogens is 500 g/mol. The fourth-order valence-electron chi connectivity index (χ4n) is 3.53. The van der Waals surface area contributed by atoms with E-state index in [9.17, 15) is 9.59 Å². The standard InChI is InChI=1S/C13H22N2OS.C12H20N2OS.2C2H6/c1-4-15(5-2)9-7-6-8-14(3)11-10-12(16)13(11)17;1-4-13(2)7-5-6-8-14(3)10-9-11(15)12(10)16;2*1-2/h10H,4-9H2,1-3H3;9H,4-8H2,1-3H3;2*1-2H3. The summed E-state index contributed by atoms with van der Waals surface area (Å²) in [4.78, 5) is 30.8. The van der Waals surface area contributed by atoms with Crippen molar-refractivity contribution in [1.82, 2.24) is 9.80 Å². The predicted octanol–water partition coefficient (Wildman–Crippen LogP) is 6.08. The van der Waals surface area contributed by atoms with Gasteiger partial charge in [0.15, 0.2) is 0 Å². The summed E-state index contributed by atoms with van der Waals surface area (Å²) in [6.45, 7) is 22.1. The highest BCUT2D eigenvalue weighted by Crippen LogP contribution is 2.15. The van der Waals surface area contributed by atoms with E-state index < -0.39 is 0 Å². The van der Waals surface area contributed by atoms with Crippen LogP contribution >= 0.6 is 24.4 Å². The van der Waals surface area contributed by atoms with Crippen LogP contribution in [-0.4, -0.2) is 76.8 Å². The molecule has 2 rings (SSSR count). The molecule has 6 nitrogen and oxygen atoms in total. The second kappa shape index (κ2) is 22.5. The quantitative estimate of drug-likeness (QED) is 0.194. The average Bonchev–Trinajstić information content (AvgIpc) is 2.94. The largest absolute Gasteiger partial charge is 0.373 e. The van der Waals surface area contributed by atoms with E-state index in [4.69, 9.17) is 24.4 Å². The number of hydrogen-bond acceptors (Lipinski definition) is 8. The van der Waals surface area contributed by atoms with Crippen molar-refractivity contribution >= 4 is 35.8 Å². The fourth-order valence-corrected chi connectivity index (χ4v) is 4.08. The molecule has 214 valence electrons. The van der Waals surface area contributed by atoms with Gasteiger partial charge in [-0.05, 0) is 65.5 Å². The zero-order valence-electron chi connectivity index (χ0n) is 25.4. The first kappa shape index (κ1) is 37.7. The van der Waals surface area contributed by atoms with Gasteiger partial charge >= 0.3 is 0 Å². The fraction of sp³-hybridized carbons (Fsp3) is 0.724. The summed E-state index contributed by atoms with van der Waals surface area (Å²) in [7, 11) is 6.13. The van der Waals surface area contributed by atoms with Crippen molar-refractivity contribution in [3.05, 3.63) is 41.6 Å². The highest BCUT2D eigenvalue weighted by Gasteiger charge is 2.11. The van der Waals surface area contributed by atoms with E-state index in [0.29, 0.717) is 9.02 Å². The summed E-state index contributed by atoms with van der Waals surface area (Å²) in [5.74, 6) is 0. The van der Waals surface area contributed by atoms with Crippen molar-refractivity contribution in [2.45, 2.75) is 74.1 Å². The Balaban J connectivity index is 0. The summed E-state index contributed by atoms with van der Waals surface area (Å²) in [5.41, 5.74) is 1.88. The van der Waals surface area contributed by atoms with Crippen molar-refractivity contribution in [2.75, 3.05) is 76.8 Å². The highest BCUT2D eigenvalue weighted by atomic mass is 32.1. The lowest BCUT2D eigenvalue weighted by atomic mass is 10.2. The third-order valence-electron chi connectivity index (χ3n) is 6.21. The molecule has 8 heteroatoms. The number of nitrogens with zero attached hydrogens (tertiary/aromatic N) is 4. The molecule has 0 radical (unpaired) electrons. The molecule has 37 heavy (non-hydrogen) atoms. The van der Waals surface area contributed by atoms with Gasteiger partial charge in [0.2, 0.25) is 10.9 Å². The van der Waals surface area contributed by atoms with Crippen LogP contribution in [0.1, 0.15) is 74.1 Å². The zero-order chi connectivity index (χ0) is 29.0. The lowest BCUT2D eigenvalue weighted by Gasteiger charge is -2.22. The molecule has 0 aliphatic carbocycles. The number of anilines is 2. The maximum absolute atomic E-state index is 11.0. The van der Waals surface area contributed by atoms with Crippen LogP contribution in [-0.2, 0) is 0 Å². The van der Waals surface area contributed by atoms with Crippen molar-refractivity contribution in [2.24, 2.45) is 0 Å². The summed E-state index contributed by atoms with van der Waals surface area (Å²) in [6.07, 6.45) is 4.65. The molecule has 0 fully saturated rings. The minimum Gasteiger partial charge on any atom is -0.373 e. The molecule has 0 aliphatic heterocycles. The molecule has 0 bridgehead atoms. The van der Waals surface area contributed by atoms with Gasteiger partial charge < -0.3 is 19.6 Å². The molecule has 0 N–H and O–H groups in total. The van der Waals surface area contributed by atoms with Gasteiger partial charge in [0.05, 0.1) is 11.4 Å². The zero-order valence-corrected chi connectivity index (χ0v) is 27.0. The van der Waals surface area contributed by atoms with Crippen molar-refractivity contribution in [3.8, 4) is 0 Å². The van der Waals surface area contributed by atoms with E-state index in [2.05, 4.69) is 47.4 Å². The van der Waals surface area contributed by atoms with Gasteiger partial charge in [-0.1, -0.05) is 72.9 Å². The van der Waals surface area contributed by atoms with Gasteiger partial charge in [0, 0.05) is 39.3 Å². The van der Waals surface area contributed by atoms with E-state index in [1.807, 2.05) is 41.8 Å². The number of unbranched alkanes of at least 4 members (excludes halogenated alkanes) is 2. The molecule has 0 aliphatic rings. The Bertz CT molecular complexity index is 958. The summed E-state index contributed by atoms with van der Waals surface area (Å²) in [6, 6.07) is 3.26. The van der Waals surface area contributed by atoms with Gasteiger partial charge in [-0.3, -0.25) is 9.59 Å². The van der Waals surface area contributed by atoms with E-state index in [0.717, 1.165) is 70.0 Å². The SMILES string of the molecule is CC.CC.CCN(C)CCCCN(C)c1cc(=O)c1=S.CCN(CC)CCCCN(C)c1cc(=O)c1=S. The van der Waals surface area contributed by atoms with Gasteiger partial charge in [-0.15, -0.1) is 0 Å². The first-order valence-corrected chi connectivity index (χ1v) is 14.9. The Kier molecular flexibility index (Phi) is 22.9. The molecule has 0 unspecified atom stereocenters. The minimum atomic E-state index is 0.00238. The van der Waals surface area contributed by atoms with Crippen molar-refractivity contribution in [1.29, 1.82) is 0 Å². The molecule has 0 spiro atoms. The lowest BCUT2D eigenvalue weighted by molar-refractivity contribution is 0.297. The van der Waals surface area contributed by atoms with E-state index >= 15 is 0 Å². The van der Waals surface area contributed by atoms with Crippen LogP contribution < -0.4 is 20.7 Å². The Morgan fingerprint density at radius 2 is 0.946 bits per heavy atom. The van der Waals surface area contributed by atoms with Gasteiger partial charge in [-0.2, -0.15) is 0 Å². The Hall–Kier alpha value is -1.48. The summed E-state index contributed by atoms with van der Waals surface area (Å²) >= 11 is 9.97. The average molecular weight is 555 g/mol. The Morgan fingerprint density at radius 3 is 1.24 bits per heavy atom. The minimum absolute atomic E-state index is 0.00238. The molecular formula is C29H54N4O2S2. The van der Waals surface area contributed by atoms with Gasteiger partial charge in [-0.25, -0.2) is 0 Å². The predicted molar refractivity (Wildman–Crippen MR) is 170 cm³/mol.